The van der Waals surface area contributed by atoms with Crippen LogP contribution in [-0.2, 0) is 13.1 Å². The summed E-state index contributed by atoms with van der Waals surface area (Å²) in [6, 6.07) is 20.8. The van der Waals surface area contributed by atoms with Gasteiger partial charge in [0.25, 0.3) is 11.5 Å². The van der Waals surface area contributed by atoms with Crippen LogP contribution < -0.4 is 5.56 Å². The summed E-state index contributed by atoms with van der Waals surface area (Å²) < 4.78 is 1.50. The van der Waals surface area contributed by atoms with Gasteiger partial charge in [-0.1, -0.05) is 73.5 Å². The van der Waals surface area contributed by atoms with Gasteiger partial charge >= 0.3 is 6.03 Å². The molecule has 3 aromatic rings. The topological polar surface area (TPSA) is 86.1 Å². The van der Waals surface area contributed by atoms with E-state index >= 15 is 0 Å². The lowest BCUT2D eigenvalue weighted by molar-refractivity contribution is -0.136. The van der Waals surface area contributed by atoms with Gasteiger partial charge in [-0.3, -0.25) is 9.59 Å². The number of aliphatic hydroxyl groups is 1. The van der Waals surface area contributed by atoms with Gasteiger partial charge in [-0.05, 0) is 30.4 Å². The Morgan fingerprint density at radius 1 is 0.927 bits per heavy atom. The molecule has 1 aliphatic carbocycles. The Hall–Kier alpha value is -3.91. The average molecular weight is 557 g/mol. The fourth-order valence-corrected chi connectivity index (χ4v) is 6.67. The average Bonchev–Trinajstić information content (AvgIpc) is 3.45. The Morgan fingerprint density at radius 2 is 1.56 bits per heavy atom. The smallest absolute Gasteiger partial charge is 0.320 e. The first-order valence-electron chi connectivity index (χ1n) is 14.4. The van der Waals surface area contributed by atoms with E-state index in [1.807, 2.05) is 72.6 Å². The predicted molar refractivity (Wildman–Crippen MR) is 160 cm³/mol. The van der Waals surface area contributed by atoms with Crippen LogP contribution in [0.2, 0.25) is 0 Å². The number of hydrogen-bond donors (Lipinski definition) is 1. The first-order chi connectivity index (χ1) is 19.6. The van der Waals surface area contributed by atoms with Gasteiger partial charge in [0.1, 0.15) is 0 Å². The Kier molecular flexibility index (Phi) is 8.04. The largest absolute Gasteiger partial charge is 0.387 e. The summed E-state index contributed by atoms with van der Waals surface area (Å²) in [6.45, 7) is 1.44. The van der Waals surface area contributed by atoms with Crippen molar-refractivity contribution in [2.75, 3.05) is 34.2 Å². The van der Waals surface area contributed by atoms with Gasteiger partial charge in [-0.25, -0.2) is 4.79 Å². The number of benzene rings is 2. The Balaban J connectivity index is 1.43. The first-order valence-corrected chi connectivity index (χ1v) is 14.4. The van der Waals surface area contributed by atoms with Crippen LogP contribution in [0, 0.1) is 5.41 Å². The van der Waals surface area contributed by atoms with E-state index < -0.39 is 11.0 Å². The molecule has 3 amide bonds. The molecule has 1 aliphatic heterocycles. The highest BCUT2D eigenvalue weighted by atomic mass is 16.3. The zero-order chi connectivity index (χ0) is 29.2. The maximum Gasteiger partial charge on any atom is 0.320 e. The van der Waals surface area contributed by atoms with Gasteiger partial charge in [-0.15, -0.1) is 0 Å². The standard InChI is InChI=1S/C33H40N4O4/c1-34(2)30(39)28-22-37(29(38)20-27(28)26-14-8-5-9-15-26)24-33(41)18-19-36(23-32(33)16-10-11-17-32)31(40)35(3)21-25-12-6-4-7-13-25/h4-9,12-15,20,22,41H,10-11,16-19,21,23-24H2,1-3H3. The van der Waals surface area contributed by atoms with E-state index in [0.29, 0.717) is 37.2 Å². The highest BCUT2D eigenvalue weighted by Gasteiger charge is 2.55. The van der Waals surface area contributed by atoms with E-state index in [2.05, 4.69) is 0 Å². The summed E-state index contributed by atoms with van der Waals surface area (Å²) in [5.74, 6) is -0.206. The van der Waals surface area contributed by atoms with Gasteiger partial charge in [0, 0.05) is 64.0 Å². The lowest BCUT2D eigenvalue weighted by Gasteiger charge is -2.52. The number of aromatic nitrogens is 1. The Bertz CT molecular complexity index is 1450. The van der Waals surface area contributed by atoms with Gasteiger partial charge in [-0.2, -0.15) is 0 Å². The van der Waals surface area contributed by atoms with Crippen molar-refractivity contribution < 1.29 is 14.7 Å². The van der Waals surface area contributed by atoms with Crippen LogP contribution in [-0.4, -0.2) is 76.1 Å². The molecule has 2 aromatic carbocycles. The monoisotopic (exact) mass is 556 g/mol. The molecule has 2 fully saturated rings. The third-order valence-corrected chi connectivity index (χ3v) is 8.98. The normalized spacial score (nSPS) is 19.8. The van der Waals surface area contributed by atoms with Crippen molar-refractivity contribution in [1.29, 1.82) is 0 Å². The summed E-state index contributed by atoms with van der Waals surface area (Å²) in [5, 5.41) is 12.3. The summed E-state index contributed by atoms with van der Waals surface area (Å²) in [5.41, 5.74) is 0.886. The molecule has 41 heavy (non-hydrogen) atoms. The molecular formula is C33H40N4O4. The fraction of sp³-hybridized carbons (Fsp3) is 0.424. The number of piperidine rings is 1. The number of amides is 3. The summed E-state index contributed by atoms with van der Waals surface area (Å²) in [6.07, 6.45) is 5.49. The first kappa shape index (κ1) is 28.6. The van der Waals surface area contributed by atoms with Crippen molar-refractivity contribution in [2.24, 2.45) is 5.41 Å². The van der Waals surface area contributed by atoms with E-state index in [1.54, 1.807) is 25.2 Å². The van der Waals surface area contributed by atoms with Crippen LogP contribution in [0.4, 0.5) is 4.79 Å². The molecule has 8 nitrogen and oxygen atoms in total. The number of carbonyl (C=O) groups is 2. The van der Waals surface area contributed by atoms with Crippen molar-refractivity contribution in [3.05, 3.63) is 94.4 Å². The van der Waals surface area contributed by atoms with Crippen molar-refractivity contribution in [3.63, 3.8) is 0 Å². The van der Waals surface area contributed by atoms with Crippen molar-refractivity contribution in [3.8, 4) is 11.1 Å². The highest BCUT2D eigenvalue weighted by Crippen LogP contribution is 2.51. The molecule has 0 radical (unpaired) electrons. The highest BCUT2D eigenvalue weighted by molar-refractivity contribution is 6.00. The lowest BCUT2D eigenvalue weighted by Crippen LogP contribution is -2.63. The minimum Gasteiger partial charge on any atom is -0.387 e. The summed E-state index contributed by atoms with van der Waals surface area (Å²) >= 11 is 0. The van der Waals surface area contributed by atoms with Crippen LogP contribution in [0.1, 0.15) is 48.0 Å². The van der Waals surface area contributed by atoms with E-state index in [1.165, 1.54) is 15.5 Å². The maximum atomic E-state index is 13.5. The number of pyridine rings is 1. The molecule has 1 saturated heterocycles. The molecule has 1 aromatic heterocycles. The molecule has 0 bridgehead atoms. The third-order valence-electron chi connectivity index (χ3n) is 8.98. The molecule has 216 valence electrons. The molecule has 1 N–H and O–H groups in total. The molecule has 8 heteroatoms. The Labute approximate surface area is 241 Å². The molecular weight excluding hydrogens is 516 g/mol. The molecule has 1 saturated carbocycles. The van der Waals surface area contributed by atoms with E-state index in [9.17, 15) is 19.5 Å². The van der Waals surface area contributed by atoms with E-state index in [-0.39, 0.29) is 24.0 Å². The fourth-order valence-electron chi connectivity index (χ4n) is 6.67. The minimum absolute atomic E-state index is 0.0505. The molecule has 2 heterocycles. The number of rotatable bonds is 6. The lowest BCUT2D eigenvalue weighted by atomic mass is 9.66. The second-order valence-corrected chi connectivity index (χ2v) is 11.9. The Morgan fingerprint density at radius 3 is 2.20 bits per heavy atom. The zero-order valence-electron chi connectivity index (χ0n) is 24.3. The SMILES string of the molecule is CN(C)C(=O)c1cn(CC2(O)CCN(C(=O)N(C)Cc3ccccc3)CC23CCCC3)c(=O)cc1-c1ccccc1. The number of hydrogen-bond acceptors (Lipinski definition) is 4. The minimum atomic E-state index is -1.19. The molecule has 1 atom stereocenters. The van der Waals surface area contributed by atoms with Crippen molar-refractivity contribution >= 4 is 11.9 Å². The zero-order valence-corrected chi connectivity index (χ0v) is 24.3. The number of urea groups is 1. The molecule has 2 aliphatic rings. The van der Waals surface area contributed by atoms with Crippen LogP contribution in [0.5, 0.6) is 0 Å². The quantitative estimate of drug-likeness (QED) is 0.486. The molecule has 1 unspecified atom stereocenters. The molecule has 5 rings (SSSR count). The van der Waals surface area contributed by atoms with E-state index in [0.717, 1.165) is 36.8 Å². The number of nitrogens with zero attached hydrogens (tertiary/aromatic N) is 4. The third kappa shape index (κ3) is 5.66. The van der Waals surface area contributed by atoms with Crippen molar-refractivity contribution in [1.82, 2.24) is 19.3 Å². The van der Waals surface area contributed by atoms with Crippen LogP contribution in [0.3, 0.4) is 0 Å². The number of carbonyl (C=O) groups excluding carboxylic acids is 2. The number of likely N-dealkylation sites (tertiary alicyclic amines) is 1. The van der Waals surface area contributed by atoms with E-state index in [4.69, 9.17) is 0 Å². The summed E-state index contributed by atoms with van der Waals surface area (Å²) in [7, 11) is 5.19. The summed E-state index contributed by atoms with van der Waals surface area (Å²) in [4.78, 5) is 45.3. The van der Waals surface area contributed by atoms with Gasteiger partial charge in [0.05, 0.1) is 17.7 Å². The predicted octanol–water partition coefficient (Wildman–Crippen LogP) is 4.47. The van der Waals surface area contributed by atoms with Crippen LogP contribution in [0.15, 0.2) is 77.7 Å². The maximum absolute atomic E-state index is 13.5. The van der Waals surface area contributed by atoms with Gasteiger partial charge < -0.3 is 24.4 Å². The van der Waals surface area contributed by atoms with Crippen molar-refractivity contribution in [2.45, 2.75) is 50.8 Å². The second-order valence-electron chi connectivity index (χ2n) is 11.9. The van der Waals surface area contributed by atoms with Crippen LogP contribution in [0.25, 0.3) is 11.1 Å². The molecule has 1 spiro atoms. The second kappa shape index (κ2) is 11.5. The van der Waals surface area contributed by atoms with Gasteiger partial charge in [0.15, 0.2) is 0 Å². The van der Waals surface area contributed by atoms with Crippen LogP contribution >= 0.6 is 0 Å². The van der Waals surface area contributed by atoms with Gasteiger partial charge in [0.2, 0.25) is 0 Å².